The summed E-state index contributed by atoms with van der Waals surface area (Å²) in [5, 5.41) is 1.00. The number of hydrogen-bond donors (Lipinski definition) is 2. The number of nitrogens with two attached hydrogens (primary N) is 1. The average molecular weight is 630 g/mol. The van der Waals surface area contributed by atoms with Crippen LogP contribution in [0.2, 0.25) is 10.0 Å². The minimum absolute atomic E-state index is 0.252. The fourth-order valence-electron chi connectivity index (χ4n) is 4.12. The second-order valence-corrected chi connectivity index (χ2v) is 10.9. The van der Waals surface area contributed by atoms with Crippen molar-refractivity contribution >= 4 is 69.5 Å². The van der Waals surface area contributed by atoms with Gasteiger partial charge in [0.25, 0.3) is 0 Å². The first-order valence-electron chi connectivity index (χ1n) is 10.8. The summed E-state index contributed by atoms with van der Waals surface area (Å²) in [7, 11) is 0. The van der Waals surface area contributed by atoms with Crippen molar-refractivity contribution in [2.24, 2.45) is 5.92 Å². The number of rotatable bonds is 6. The number of nitrogens with one attached hydrogen (secondary N) is 1. The molecule has 1 aliphatic carbocycles. The van der Waals surface area contributed by atoms with Crippen molar-refractivity contribution < 1.29 is 35.9 Å². The second-order valence-electron chi connectivity index (χ2n) is 8.71. The molecule has 3 aromatic carbocycles. The molecule has 1 fully saturated rings. The number of alkyl halides is 5. The zero-order valence-electron chi connectivity index (χ0n) is 19.1. The fourth-order valence-corrected chi connectivity index (χ4v) is 5.46. The van der Waals surface area contributed by atoms with Crippen molar-refractivity contribution in [1.29, 1.82) is 0 Å². The van der Waals surface area contributed by atoms with E-state index >= 15 is 0 Å². The van der Waals surface area contributed by atoms with Crippen LogP contribution in [0.1, 0.15) is 33.0 Å². The summed E-state index contributed by atoms with van der Waals surface area (Å²) in [6.45, 7) is 0. The highest BCUT2D eigenvalue weighted by Crippen LogP contribution is 2.65. The topological polar surface area (TPSA) is 72.2 Å². The van der Waals surface area contributed by atoms with E-state index in [2.05, 4.69) is 5.32 Å². The fraction of sp³-hybridized carbons (Fsp3) is 0.200. The number of carbonyl (C=O) groups is 2. The lowest BCUT2D eigenvalue weighted by molar-refractivity contribution is -0.137. The van der Waals surface area contributed by atoms with E-state index in [-0.39, 0.29) is 10.6 Å². The number of amides is 1. The van der Waals surface area contributed by atoms with Gasteiger partial charge in [-0.05, 0) is 41.5 Å². The van der Waals surface area contributed by atoms with Gasteiger partial charge in [0, 0.05) is 23.6 Å². The van der Waals surface area contributed by atoms with Crippen LogP contribution in [0.3, 0.4) is 0 Å². The van der Waals surface area contributed by atoms with Crippen LogP contribution in [0.15, 0.2) is 42.5 Å². The third-order valence-corrected chi connectivity index (χ3v) is 7.78. The molecule has 0 radical (unpaired) electrons. The minimum Gasteiger partial charge on any atom is -0.394 e. The largest absolute Gasteiger partial charge is 0.417 e. The Morgan fingerprint density at radius 2 is 1.62 bits per heavy atom. The molecule has 3 N–H and O–H groups in total. The Labute approximate surface area is 237 Å². The summed E-state index contributed by atoms with van der Waals surface area (Å²) in [4.78, 5) is 25.9. The normalized spacial score (nSPS) is 18.1. The maximum absolute atomic E-state index is 14.3. The second kappa shape index (κ2) is 10.4. The van der Waals surface area contributed by atoms with Crippen LogP contribution in [0.5, 0.6) is 0 Å². The third-order valence-electron chi connectivity index (χ3n) is 6.14. The highest BCUT2D eigenvalue weighted by molar-refractivity contribution is 6.53. The molecule has 1 amide bonds. The minimum atomic E-state index is -5.05. The standard InChI is InChI=1S/C25H14Cl4F6N2O2/c26-14-5-9(1-3-15(14)30)18-19(24(18,28)29)23(39)37-11-7-12(20(27)13(8-11)25(33,34)35)17(38)6-10-2-4-16(31)22(36)21(10)32/h1-5,7-8,18-19H,6,36H2,(H,37,39). The quantitative estimate of drug-likeness (QED) is 0.126. The van der Waals surface area contributed by atoms with Crippen LogP contribution < -0.4 is 11.1 Å². The maximum Gasteiger partial charge on any atom is 0.417 e. The van der Waals surface area contributed by atoms with E-state index in [9.17, 15) is 35.9 Å². The first-order valence-corrected chi connectivity index (χ1v) is 12.3. The molecule has 0 aromatic heterocycles. The zero-order chi connectivity index (χ0) is 29.0. The highest BCUT2D eigenvalue weighted by atomic mass is 35.5. The monoisotopic (exact) mass is 628 g/mol. The molecule has 14 heteroatoms. The van der Waals surface area contributed by atoms with Gasteiger partial charge < -0.3 is 11.1 Å². The molecular formula is C25H14Cl4F6N2O2. The van der Waals surface area contributed by atoms with Gasteiger partial charge in [-0.1, -0.05) is 35.3 Å². The van der Waals surface area contributed by atoms with Crippen LogP contribution in [-0.2, 0) is 17.4 Å². The number of hydrogen-bond acceptors (Lipinski definition) is 3. The lowest BCUT2D eigenvalue weighted by Crippen LogP contribution is -2.19. The molecule has 0 aliphatic heterocycles. The molecule has 1 saturated carbocycles. The summed E-state index contributed by atoms with van der Waals surface area (Å²) in [6, 6.07) is 6.66. The summed E-state index contributed by atoms with van der Waals surface area (Å²) in [6.07, 6.45) is -5.86. The number of halogens is 10. The van der Waals surface area contributed by atoms with Gasteiger partial charge >= 0.3 is 6.18 Å². The number of anilines is 2. The van der Waals surface area contributed by atoms with Gasteiger partial charge in [-0.25, -0.2) is 13.2 Å². The Bertz CT molecular complexity index is 1510. The molecule has 4 nitrogen and oxygen atoms in total. The molecule has 2 atom stereocenters. The SMILES string of the molecule is Nc1c(F)ccc(CC(=O)c2cc(NC(=O)C3C(c4ccc(F)c(Cl)c4)C3(Cl)Cl)cc(C(F)(F)F)c2Cl)c1F. The third kappa shape index (κ3) is 5.66. The van der Waals surface area contributed by atoms with Gasteiger partial charge in [0.15, 0.2) is 11.6 Å². The highest BCUT2D eigenvalue weighted by Gasteiger charge is 2.67. The first kappa shape index (κ1) is 29.3. The number of carbonyl (C=O) groups excluding carboxylic acids is 2. The van der Waals surface area contributed by atoms with Gasteiger partial charge in [0.05, 0.1) is 21.5 Å². The van der Waals surface area contributed by atoms with Crippen LogP contribution in [0, 0.1) is 23.4 Å². The molecule has 2 unspecified atom stereocenters. The van der Waals surface area contributed by atoms with E-state index in [1.165, 1.54) is 12.1 Å². The number of ketones is 1. The van der Waals surface area contributed by atoms with Crippen molar-refractivity contribution in [3.05, 3.63) is 92.2 Å². The smallest absolute Gasteiger partial charge is 0.394 e. The summed E-state index contributed by atoms with van der Waals surface area (Å²) in [5.74, 6) is -7.08. The average Bonchev–Trinajstić information content (AvgIpc) is 3.43. The molecule has 4 rings (SSSR count). The maximum atomic E-state index is 14.3. The molecule has 0 bridgehead atoms. The van der Waals surface area contributed by atoms with Crippen molar-refractivity contribution in [2.45, 2.75) is 22.8 Å². The molecule has 0 heterocycles. The molecule has 3 aromatic rings. The molecular weight excluding hydrogens is 616 g/mol. The molecule has 0 saturated heterocycles. The molecule has 0 spiro atoms. The Hall–Kier alpha value is -2.66. The Balaban J connectivity index is 1.65. The number of nitrogen functional groups attached to an aromatic ring is 1. The van der Waals surface area contributed by atoms with E-state index < -0.39 is 85.4 Å². The van der Waals surface area contributed by atoms with E-state index in [0.29, 0.717) is 11.6 Å². The zero-order valence-corrected chi connectivity index (χ0v) is 22.1. The lowest BCUT2D eigenvalue weighted by Gasteiger charge is -2.16. The van der Waals surface area contributed by atoms with Gasteiger partial charge in [0.1, 0.15) is 21.7 Å². The summed E-state index contributed by atoms with van der Waals surface area (Å²) in [5.41, 5.74) is 1.72. The van der Waals surface area contributed by atoms with E-state index in [1.807, 2.05) is 0 Å². The van der Waals surface area contributed by atoms with Crippen molar-refractivity contribution in [3.63, 3.8) is 0 Å². The predicted molar refractivity (Wildman–Crippen MR) is 136 cm³/mol. The van der Waals surface area contributed by atoms with Gasteiger partial charge in [-0.15, -0.1) is 23.2 Å². The van der Waals surface area contributed by atoms with Gasteiger partial charge in [-0.3, -0.25) is 9.59 Å². The Morgan fingerprint density at radius 3 is 2.23 bits per heavy atom. The Kier molecular flexibility index (Phi) is 7.81. The molecule has 1 aliphatic rings. The first-order chi connectivity index (χ1) is 18.0. The van der Waals surface area contributed by atoms with Crippen molar-refractivity contribution in [1.82, 2.24) is 0 Å². The lowest BCUT2D eigenvalue weighted by atomic mass is 9.99. The van der Waals surface area contributed by atoms with Crippen molar-refractivity contribution in [2.75, 3.05) is 11.1 Å². The molecule has 39 heavy (non-hydrogen) atoms. The van der Waals surface area contributed by atoms with Crippen LogP contribution >= 0.6 is 46.4 Å². The van der Waals surface area contributed by atoms with Gasteiger partial charge in [0.2, 0.25) is 5.91 Å². The predicted octanol–water partition coefficient (Wildman–Crippen LogP) is 7.96. The van der Waals surface area contributed by atoms with Crippen LogP contribution in [0.4, 0.5) is 37.7 Å². The summed E-state index contributed by atoms with van der Waals surface area (Å²) < 4.78 is 80.8. The number of Topliss-reactive ketones (excluding diaryl/α,β-unsaturated/α-hetero) is 1. The van der Waals surface area contributed by atoms with Crippen molar-refractivity contribution in [3.8, 4) is 0 Å². The van der Waals surface area contributed by atoms with E-state index in [1.54, 1.807) is 0 Å². The van der Waals surface area contributed by atoms with E-state index in [4.69, 9.17) is 52.1 Å². The summed E-state index contributed by atoms with van der Waals surface area (Å²) >= 11 is 24.2. The molecule has 206 valence electrons. The van der Waals surface area contributed by atoms with Crippen LogP contribution in [0.25, 0.3) is 0 Å². The number of benzene rings is 3. The van der Waals surface area contributed by atoms with Gasteiger partial charge in [-0.2, -0.15) is 13.2 Å². The Morgan fingerprint density at radius 1 is 0.974 bits per heavy atom. The van der Waals surface area contributed by atoms with E-state index in [0.717, 1.165) is 24.3 Å². The van der Waals surface area contributed by atoms with Crippen LogP contribution in [-0.4, -0.2) is 16.0 Å².